The molecule has 0 spiro atoms. The van der Waals surface area contributed by atoms with E-state index in [9.17, 15) is 4.79 Å². The van der Waals surface area contributed by atoms with Gasteiger partial charge in [0.1, 0.15) is 5.69 Å². The van der Waals surface area contributed by atoms with Crippen LogP contribution < -0.4 is 15.0 Å². The van der Waals surface area contributed by atoms with Crippen molar-refractivity contribution in [2.75, 3.05) is 31.4 Å². The average Bonchev–Trinajstić information content (AvgIpc) is 2.29. The molecule has 1 heterocycles. The molecule has 0 radical (unpaired) electrons. The summed E-state index contributed by atoms with van der Waals surface area (Å²) in [4.78, 5) is 17.6. The number of nitrogens with one attached hydrogen (secondary N) is 1. The number of methoxy groups -OCH3 is 1. The highest BCUT2D eigenvalue weighted by Crippen LogP contribution is 2.31. The zero-order chi connectivity index (χ0) is 12.8. The van der Waals surface area contributed by atoms with Crippen molar-refractivity contribution in [3.05, 3.63) is 12.3 Å². The zero-order valence-electron chi connectivity index (χ0n) is 10.8. The first-order valence-electron chi connectivity index (χ1n) is 5.60. The monoisotopic (exact) mass is 237 g/mol. The van der Waals surface area contributed by atoms with E-state index in [1.54, 1.807) is 6.20 Å². The molecule has 1 aromatic rings. The van der Waals surface area contributed by atoms with Crippen LogP contribution in [0.3, 0.4) is 0 Å². The lowest BCUT2D eigenvalue weighted by molar-refractivity contribution is -0.116. The molecule has 0 unspecified atom stereocenters. The molecule has 5 nitrogen and oxygen atoms in total. The highest BCUT2D eigenvalue weighted by Gasteiger charge is 2.14. The molecule has 94 valence electrons. The van der Waals surface area contributed by atoms with Gasteiger partial charge in [-0.15, -0.1) is 0 Å². The van der Waals surface area contributed by atoms with Gasteiger partial charge in [-0.25, -0.2) is 4.98 Å². The molecule has 0 saturated heterocycles. The third-order valence-electron chi connectivity index (χ3n) is 2.31. The Labute approximate surface area is 102 Å². The van der Waals surface area contributed by atoms with Crippen LogP contribution in [0.25, 0.3) is 0 Å². The van der Waals surface area contributed by atoms with Crippen LogP contribution in [-0.2, 0) is 4.79 Å². The van der Waals surface area contributed by atoms with Crippen molar-refractivity contribution >= 4 is 17.3 Å². The Balaban J connectivity index is 3.04. The van der Waals surface area contributed by atoms with Gasteiger partial charge in [0.15, 0.2) is 0 Å². The van der Waals surface area contributed by atoms with Gasteiger partial charge in [0, 0.05) is 26.7 Å². The van der Waals surface area contributed by atoms with E-state index in [2.05, 4.69) is 10.3 Å². The summed E-state index contributed by atoms with van der Waals surface area (Å²) in [6.07, 6.45) is 2.96. The molecule has 0 aliphatic carbocycles. The van der Waals surface area contributed by atoms with E-state index in [-0.39, 0.29) is 5.91 Å². The number of nitrogens with zero attached hydrogens (tertiary/aromatic N) is 2. The Bertz CT molecular complexity index is 391. The van der Waals surface area contributed by atoms with Crippen LogP contribution >= 0.6 is 0 Å². The van der Waals surface area contributed by atoms with Gasteiger partial charge in [-0.2, -0.15) is 0 Å². The van der Waals surface area contributed by atoms with E-state index < -0.39 is 0 Å². The first-order chi connectivity index (χ1) is 8.10. The number of carbonyl (C=O) groups is 1. The van der Waals surface area contributed by atoms with Gasteiger partial charge >= 0.3 is 0 Å². The molecule has 1 rings (SSSR count). The molecule has 5 heteroatoms. The molecule has 1 aromatic heterocycles. The first-order valence-corrected chi connectivity index (χ1v) is 5.60. The maximum Gasteiger partial charge on any atom is 0.239 e. The normalized spacial score (nSPS) is 9.88. The number of rotatable bonds is 5. The van der Waals surface area contributed by atoms with E-state index in [0.29, 0.717) is 18.0 Å². The number of aromatic nitrogens is 1. The number of hydrogen-bond donors (Lipinski definition) is 1. The summed E-state index contributed by atoms with van der Waals surface area (Å²) >= 11 is 0. The molecular weight excluding hydrogens is 218 g/mol. The summed E-state index contributed by atoms with van der Waals surface area (Å²) in [7, 11) is 5.35. The lowest BCUT2D eigenvalue weighted by atomic mass is 10.2. The molecule has 1 amide bonds. The second kappa shape index (κ2) is 6.08. The predicted molar refractivity (Wildman–Crippen MR) is 68.7 cm³/mol. The number of ether oxygens (including phenoxy) is 1. The van der Waals surface area contributed by atoms with Crippen molar-refractivity contribution in [1.29, 1.82) is 0 Å². The van der Waals surface area contributed by atoms with Crippen molar-refractivity contribution in [2.45, 2.75) is 19.8 Å². The van der Waals surface area contributed by atoms with Crippen LogP contribution in [0.5, 0.6) is 5.88 Å². The van der Waals surface area contributed by atoms with Crippen molar-refractivity contribution < 1.29 is 9.53 Å². The number of pyridine rings is 1. The number of amides is 1. The molecular formula is C12H19N3O2. The molecule has 0 saturated carbocycles. The van der Waals surface area contributed by atoms with Crippen LogP contribution in [0.1, 0.15) is 19.8 Å². The van der Waals surface area contributed by atoms with Crippen LogP contribution in [0.15, 0.2) is 12.3 Å². The smallest absolute Gasteiger partial charge is 0.239 e. The number of carbonyl (C=O) groups excluding carboxylic acids is 1. The second-order valence-electron chi connectivity index (χ2n) is 3.91. The molecule has 0 aliphatic heterocycles. The Kier molecular flexibility index (Phi) is 4.75. The van der Waals surface area contributed by atoms with Crippen LogP contribution in [0, 0.1) is 0 Å². The Morgan fingerprint density at radius 1 is 1.53 bits per heavy atom. The Morgan fingerprint density at radius 3 is 2.76 bits per heavy atom. The van der Waals surface area contributed by atoms with E-state index in [1.165, 1.54) is 7.11 Å². The van der Waals surface area contributed by atoms with Crippen molar-refractivity contribution in [1.82, 2.24) is 4.98 Å². The highest BCUT2D eigenvalue weighted by atomic mass is 16.5. The standard InChI is InChI=1S/C12H19N3O2/c1-5-6-10(16)14-11-9(15(2)3)7-8-13-12(11)17-4/h7-8H,5-6H2,1-4H3,(H,14,16). The maximum atomic E-state index is 11.6. The summed E-state index contributed by atoms with van der Waals surface area (Å²) in [5, 5.41) is 2.84. The SMILES string of the molecule is CCCC(=O)Nc1c(N(C)C)ccnc1OC. The fourth-order valence-electron chi connectivity index (χ4n) is 1.51. The van der Waals surface area contributed by atoms with Crippen LogP contribution in [-0.4, -0.2) is 32.1 Å². The van der Waals surface area contributed by atoms with E-state index >= 15 is 0 Å². The van der Waals surface area contributed by atoms with E-state index in [1.807, 2.05) is 32.0 Å². The summed E-state index contributed by atoms with van der Waals surface area (Å²) < 4.78 is 5.16. The lowest BCUT2D eigenvalue weighted by Crippen LogP contribution is -2.17. The lowest BCUT2D eigenvalue weighted by Gasteiger charge is -2.19. The largest absolute Gasteiger partial charge is 0.479 e. The van der Waals surface area contributed by atoms with Gasteiger partial charge in [0.2, 0.25) is 11.8 Å². The fraction of sp³-hybridized carbons (Fsp3) is 0.500. The van der Waals surface area contributed by atoms with Gasteiger partial charge in [-0.1, -0.05) is 6.92 Å². The topological polar surface area (TPSA) is 54.5 Å². The Morgan fingerprint density at radius 2 is 2.24 bits per heavy atom. The first kappa shape index (κ1) is 13.3. The Hall–Kier alpha value is -1.78. The molecule has 17 heavy (non-hydrogen) atoms. The van der Waals surface area contributed by atoms with Gasteiger partial charge in [0.05, 0.1) is 12.8 Å². The average molecular weight is 237 g/mol. The second-order valence-corrected chi connectivity index (χ2v) is 3.91. The van der Waals surface area contributed by atoms with Crippen molar-refractivity contribution in [3.63, 3.8) is 0 Å². The molecule has 1 N–H and O–H groups in total. The minimum Gasteiger partial charge on any atom is -0.479 e. The van der Waals surface area contributed by atoms with E-state index in [0.717, 1.165) is 12.1 Å². The fourth-order valence-corrected chi connectivity index (χ4v) is 1.51. The summed E-state index contributed by atoms with van der Waals surface area (Å²) in [5.74, 6) is 0.405. The van der Waals surface area contributed by atoms with Crippen molar-refractivity contribution in [3.8, 4) is 5.88 Å². The molecule has 0 aromatic carbocycles. The zero-order valence-corrected chi connectivity index (χ0v) is 10.8. The van der Waals surface area contributed by atoms with Gasteiger partial charge in [-0.3, -0.25) is 4.79 Å². The molecule has 0 atom stereocenters. The molecule has 0 bridgehead atoms. The quantitative estimate of drug-likeness (QED) is 0.849. The minimum absolute atomic E-state index is 0.0260. The van der Waals surface area contributed by atoms with Gasteiger partial charge in [-0.05, 0) is 12.5 Å². The van der Waals surface area contributed by atoms with Gasteiger partial charge in [0.25, 0.3) is 0 Å². The van der Waals surface area contributed by atoms with Crippen LogP contribution in [0.2, 0.25) is 0 Å². The minimum atomic E-state index is -0.0260. The third-order valence-corrected chi connectivity index (χ3v) is 2.31. The van der Waals surface area contributed by atoms with E-state index in [4.69, 9.17) is 4.74 Å². The van der Waals surface area contributed by atoms with Crippen LogP contribution in [0.4, 0.5) is 11.4 Å². The summed E-state index contributed by atoms with van der Waals surface area (Å²) in [6.45, 7) is 1.97. The number of anilines is 2. The molecule has 0 aliphatic rings. The number of hydrogen-bond acceptors (Lipinski definition) is 4. The summed E-state index contributed by atoms with van der Waals surface area (Å²) in [5.41, 5.74) is 1.50. The third kappa shape index (κ3) is 3.34. The summed E-state index contributed by atoms with van der Waals surface area (Å²) in [6, 6.07) is 1.84. The molecule has 0 fully saturated rings. The predicted octanol–water partition coefficient (Wildman–Crippen LogP) is 1.89. The van der Waals surface area contributed by atoms with Gasteiger partial charge < -0.3 is 15.0 Å². The van der Waals surface area contributed by atoms with Crippen molar-refractivity contribution in [2.24, 2.45) is 0 Å². The maximum absolute atomic E-state index is 11.6. The highest BCUT2D eigenvalue weighted by molar-refractivity contribution is 5.95.